The molecule has 0 heterocycles. The van der Waals surface area contributed by atoms with Crippen molar-refractivity contribution in [2.24, 2.45) is 0 Å². The second-order valence-electron chi connectivity index (χ2n) is 5.27. The van der Waals surface area contributed by atoms with Crippen LogP contribution in [0, 0.1) is 0 Å². The van der Waals surface area contributed by atoms with Gasteiger partial charge in [0.15, 0.2) is 0 Å². The minimum Gasteiger partial charge on any atom is -0.480 e. The summed E-state index contributed by atoms with van der Waals surface area (Å²) in [6.07, 6.45) is 0.0817. The summed E-state index contributed by atoms with van der Waals surface area (Å²) in [7, 11) is 1.24. The summed E-state index contributed by atoms with van der Waals surface area (Å²) in [4.78, 5) is 35.3. The third-order valence-electron chi connectivity index (χ3n) is 3.48. The van der Waals surface area contributed by atoms with Crippen molar-refractivity contribution >= 4 is 29.4 Å². The molecule has 7 heteroatoms. The highest BCUT2D eigenvalue weighted by atomic mass is 35.5. The first-order valence-corrected chi connectivity index (χ1v) is 7.75. The van der Waals surface area contributed by atoms with Crippen molar-refractivity contribution in [2.45, 2.75) is 12.5 Å². The molecule has 2 N–H and O–H groups in total. The maximum atomic E-state index is 12.3. The number of hydrogen-bond acceptors (Lipinski definition) is 4. The quantitative estimate of drug-likeness (QED) is 0.771. The van der Waals surface area contributed by atoms with Gasteiger partial charge in [-0.3, -0.25) is 4.79 Å². The molecule has 0 saturated carbocycles. The number of rotatable bonds is 6. The van der Waals surface area contributed by atoms with Crippen molar-refractivity contribution in [3.8, 4) is 0 Å². The van der Waals surface area contributed by atoms with Gasteiger partial charge >= 0.3 is 11.9 Å². The van der Waals surface area contributed by atoms with Crippen molar-refractivity contribution < 1.29 is 24.2 Å². The molecular formula is C18H16ClNO5. The number of aliphatic carboxylic acids is 1. The lowest BCUT2D eigenvalue weighted by molar-refractivity contribution is -0.139. The molecule has 0 fully saturated rings. The van der Waals surface area contributed by atoms with Crippen LogP contribution < -0.4 is 5.32 Å². The number of methoxy groups -OCH3 is 1. The van der Waals surface area contributed by atoms with Crippen LogP contribution in [0.25, 0.3) is 0 Å². The van der Waals surface area contributed by atoms with Crippen LogP contribution >= 0.6 is 11.6 Å². The van der Waals surface area contributed by atoms with Crippen LogP contribution in [0.15, 0.2) is 48.5 Å². The molecule has 2 aromatic carbocycles. The Kier molecular flexibility index (Phi) is 6.14. The van der Waals surface area contributed by atoms with E-state index in [0.717, 1.165) is 0 Å². The van der Waals surface area contributed by atoms with Gasteiger partial charge in [0.25, 0.3) is 5.91 Å². The molecule has 1 atom stereocenters. The van der Waals surface area contributed by atoms with Crippen molar-refractivity contribution in [1.29, 1.82) is 0 Å². The number of carbonyl (C=O) groups is 3. The molecule has 0 bridgehead atoms. The van der Waals surface area contributed by atoms with Gasteiger partial charge in [0, 0.05) is 17.0 Å². The fraction of sp³-hybridized carbons (Fsp3) is 0.167. The molecule has 130 valence electrons. The SMILES string of the molecule is COC(=O)c1cccc(C(=O)N[C@@H](Cc2cccc(Cl)c2)C(=O)O)c1. The molecule has 0 spiro atoms. The average molecular weight is 362 g/mol. The third kappa shape index (κ3) is 5.06. The van der Waals surface area contributed by atoms with E-state index in [1.165, 1.54) is 31.4 Å². The van der Waals surface area contributed by atoms with Crippen LogP contribution in [0.2, 0.25) is 5.02 Å². The molecule has 0 aliphatic rings. The first-order valence-electron chi connectivity index (χ1n) is 7.37. The molecule has 0 aromatic heterocycles. The molecule has 0 saturated heterocycles. The highest BCUT2D eigenvalue weighted by Crippen LogP contribution is 2.13. The van der Waals surface area contributed by atoms with Gasteiger partial charge in [0.2, 0.25) is 0 Å². The standard InChI is InChI=1S/C18H16ClNO5/c1-25-18(24)13-6-3-5-12(10-13)16(21)20-15(17(22)23)9-11-4-2-7-14(19)8-11/h2-8,10,15H,9H2,1H3,(H,20,21)(H,22,23)/t15-/m0/s1. The summed E-state index contributed by atoms with van der Waals surface area (Å²) in [5, 5.41) is 12.3. The summed E-state index contributed by atoms with van der Waals surface area (Å²) >= 11 is 5.89. The first-order chi connectivity index (χ1) is 11.9. The molecule has 2 rings (SSSR count). The van der Waals surface area contributed by atoms with Crippen LogP contribution in [-0.4, -0.2) is 36.1 Å². The Bertz CT molecular complexity index is 806. The monoisotopic (exact) mass is 361 g/mol. The minimum atomic E-state index is -1.17. The number of halogens is 1. The molecule has 0 aliphatic heterocycles. The van der Waals surface area contributed by atoms with Gasteiger partial charge in [0.05, 0.1) is 12.7 Å². The van der Waals surface area contributed by atoms with E-state index < -0.39 is 23.9 Å². The lowest BCUT2D eigenvalue weighted by atomic mass is 10.0. The van der Waals surface area contributed by atoms with Crippen LogP contribution in [0.3, 0.4) is 0 Å². The number of hydrogen-bond donors (Lipinski definition) is 2. The normalized spacial score (nSPS) is 11.4. The highest BCUT2D eigenvalue weighted by molar-refractivity contribution is 6.30. The number of carboxylic acid groups (broad SMARTS) is 1. The Labute approximate surface area is 149 Å². The van der Waals surface area contributed by atoms with Gasteiger partial charge in [-0.05, 0) is 35.9 Å². The fourth-order valence-corrected chi connectivity index (χ4v) is 2.46. The average Bonchev–Trinajstić information content (AvgIpc) is 2.60. The Hall–Kier alpha value is -2.86. The Morgan fingerprint density at radius 3 is 2.44 bits per heavy atom. The van der Waals surface area contributed by atoms with Crippen molar-refractivity contribution in [2.75, 3.05) is 7.11 Å². The fourth-order valence-electron chi connectivity index (χ4n) is 2.25. The van der Waals surface area contributed by atoms with Gasteiger partial charge < -0.3 is 15.2 Å². The maximum absolute atomic E-state index is 12.3. The predicted octanol–water partition coefficient (Wildman–Crippen LogP) is 2.55. The molecule has 1 amide bonds. The van der Waals surface area contributed by atoms with E-state index in [-0.39, 0.29) is 17.5 Å². The van der Waals surface area contributed by atoms with E-state index in [2.05, 4.69) is 10.1 Å². The van der Waals surface area contributed by atoms with Crippen LogP contribution in [0.5, 0.6) is 0 Å². The maximum Gasteiger partial charge on any atom is 0.337 e. The van der Waals surface area contributed by atoms with E-state index in [1.807, 2.05) is 0 Å². The zero-order chi connectivity index (χ0) is 18.4. The summed E-state index contributed by atoms with van der Waals surface area (Å²) in [6, 6.07) is 11.5. The molecule has 25 heavy (non-hydrogen) atoms. The minimum absolute atomic E-state index is 0.0817. The number of benzene rings is 2. The van der Waals surface area contributed by atoms with Crippen LogP contribution in [-0.2, 0) is 16.0 Å². The molecule has 6 nitrogen and oxygen atoms in total. The first kappa shape index (κ1) is 18.5. The Balaban J connectivity index is 2.15. The molecule has 0 unspecified atom stereocenters. The Morgan fingerprint density at radius 2 is 1.80 bits per heavy atom. The summed E-state index contributed by atoms with van der Waals surface area (Å²) < 4.78 is 4.60. The van der Waals surface area contributed by atoms with Gasteiger partial charge in [-0.2, -0.15) is 0 Å². The van der Waals surface area contributed by atoms with Gasteiger partial charge in [-0.25, -0.2) is 9.59 Å². The number of carboxylic acids is 1. The van der Waals surface area contributed by atoms with Crippen molar-refractivity contribution in [1.82, 2.24) is 5.32 Å². The Morgan fingerprint density at radius 1 is 1.12 bits per heavy atom. The number of ether oxygens (including phenoxy) is 1. The van der Waals surface area contributed by atoms with E-state index in [9.17, 15) is 19.5 Å². The highest BCUT2D eigenvalue weighted by Gasteiger charge is 2.22. The summed E-state index contributed by atoms with van der Waals surface area (Å²) in [5.74, 6) is -2.35. The number of nitrogens with one attached hydrogen (secondary N) is 1. The van der Waals surface area contributed by atoms with E-state index in [0.29, 0.717) is 10.6 Å². The van der Waals surface area contributed by atoms with Gasteiger partial charge in [-0.15, -0.1) is 0 Å². The van der Waals surface area contributed by atoms with Gasteiger partial charge in [0.1, 0.15) is 6.04 Å². The number of esters is 1. The lowest BCUT2D eigenvalue weighted by Crippen LogP contribution is -2.42. The van der Waals surface area contributed by atoms with Crippen molar-refractivity contribution in [3.05, 3.63) is 70.2 Å². The van der Waals surface area contributed by atoms with E-state index >= 15 is 0 Å². The van der Waals surface area contributed by atoms with Crippen LogP contribution in [0.1, 0.15) is 26.3 Å². The predicted molar refractivity (Wildman–Crippen MR) is 91.8 cm³/mol. The molecule has 0 aliphatic carbocycles. The van der Waals surface area contributed by atoms with E-state index in [1.54, 1.807) is 24.3 Å². The zero-order valence-corrected chi connectivity index (χ0v) is 14.1. The van der Waals surface area contributed by atoms with E-state index in [4.69, 9.17) is 11.6 Å². The van der Waals surface area contributed by atoms with Crippen LogP contribution in [0.4, 0.5) is 0 Å². The zero-order valence-electron chi connectivity index (χ0n) is 13.4. The second kappa shape index (κ2) is 8.30. The second-order valence-corrected chi connectivity index (χ2v) is 5.71. The largest absolute Gasteiger partial charge is 0.480 e. The topological polar surface area (TPSA) is 92.7 Å². The smallest absolute Gasteiger partial charge is 0.337 e. The third-order valence-corrected chi connectivity index (χ3v) is 3.71. The molecular weight excluding hydrogens is 346 g/mol. The van der Waals surface area contributed by atoms with Crippen molar-refractivity contribution in [3.63, 3.8) is 0 Å². The molecule has 2 aromatic rings. The summed E-state index contributed by atoms with van der Waals surface area (Å²) in [6.45, 7) is 0. The lowest BCUT2D eigenvalue weighted by Gasteiger charge is -2.15. The summed E-state index contributed by atoms with van der Waals surface area (Å²) in [5.41, 5.74) is 1.06. The molecule has 0 radical (unpaired) electrons. The number of carbonyl (C=O) groups excluding carboxylic acids is 2. The van der Waals surface area contributed by atoms with Gasteiger partial charge in [-0.1, -0.05) is 29.8 Å². The number of amides is 1.